The summed E-state index contributed by atoms with van der Waals surface area (Å²) in [5.41, 5.74) is -1.40. The maximum atomic E-state index is 11.4. The maximum Gasteiger partial charge on any atom is 0.253 e. The van der Waals surface area contributed by atoms with Gasteiger partial charge in [-0.3, -0.25) is 14.4 Å². The number of aromatic nitrogens is 2. The number of anilines is 3. The van der Waals surface area contributed by atoms with Crippen molar-refractivity contribution in [3.63, 3.8) is 0 Å². The molecule has 0 atom stereocenters. The van der Waals surface area contributed by atoms with Gasteiger partial charge in [0.2, 0.25) is 0 Å². The lowest BCUT2D eigenvalue weighted by Crippen LogP contribution is -2.36. The molecule has 0 aliphatic heterocycles. The number of carbonyl (C=O) groups is 1. The number of rotatable bonds is 5. The lowest BCUT2D eigenvalue weighted by molar-refractivity contribution is 0.111. The van der Waals surface area contributed by atoms with Gasteiger partial charge in [-0.25, -0.2) is 9.97 Å². The van der Waals surface area contributed by atoms with E-state index in [-0.39, 0.29) is 22.9 Å². The van der Waals surface area contributed by atoms with Crippen LogP contribution in [0.2, 0.25) is 0 Å². The molecule has 0 saturated carbocycles. The van der Waals surface area contributed by atoms with E-state index < -0.39 is 16.6 Å². The molecule has 0 spiro atoms. The summed E-state index contributed by atoms with van der Waals surface area (Å²) in [5.74, 6) is -0.587. The Balaban J connectivity index is 2.38. The standard InChI is InChI=1S/C11H10N4O4/c1-2-12-6-7(10(19)9(6)18)15-11-8(17)5(3-16)13-4-14-11/h3-4,12,17H,2H2,1H3,(H,13,14,15). The van der Waals surface area contributed by atoms with Crippen molar-refractivity contribution in [2.75, 3.05) is 17.2 Å². The molecule has 19 heavy (non-hydrogen) atoms. The Morgan fingerprint density at radius 3 is 2.58 bits per heavy atom. The molecule has 0 amide bonds. The maximum absolute atomic E-state index is 11.4. The van der Waals surface area contributed by atoms with Gasteiger partial charge in [-0.15, -0.1) is 0 Å². The minimum Gasteiger partial charge on any atom is -0.503 e. The average Bonchev–Trinajstić information content (AvgIpc) is 2.43. The lowest BCUT2D eigenvalue weighted by Gasteiger charge is -2.13. The predicted octanol–water partition coefficient (Wildman–Crippen LogP) is -0.234. The number of nitrogens with zero attached hydrogens (tertiary/aromatic N) is 2. The molecule has 8 nitrogen and oxygen atoms in total. The number of aromatic hydroxyl groups is 1. The van der Waals surface area contributed by atoms with Crippen molar-refractivity contribution < 1.29 is 9.90 Å². The van der Waals surface area contributed by atoms with Crippen LogP contribution in [0.5, 0.6) is 5.75 Å². The zero-order valence-corrected chi connectivity index (χ0v) is 9.93. The van der Waals surface area contributed by atoms with Crippen LogP contribution < -0.4 is 21.5 Å². The van der Waals surface area contributed by atoms with Gasteiger partial charge in [0.15, 0.2) is 23.5 Å². The van der Waals surface area contributed by atoms with Crippen LogP contribution in [-0.4, -0.2) is 27.9 Å². The molecule has 2 aromatic rings. The molecule has 98 valence electrons. The summed E-state index contributed by atoms with van der Waals surface area (Å²) >= 11 is 0. The van der Waals surface area contributed by atoms with Gasteiger partial charge in [0.25, 0.3) is 10.9 Å². The average molecular weight is 262 g/mol. The first kappa shape index (κ1) is 12.7. The third-order valence-corrected chi connectivity index (χ3v) is 2.47. The third-order valence-electron chi connectivity index (χ3n) is 2.47. The minimum atomic E-state index is -0.707. The molecule has 8 heteroatoms. The van der Waals surface area contributed by atoms with Gasteiger partial charge >= 0.3 is 0 Å². The number of hydrogen-bond acceptors (Lipinski definition) is 8. The molecule has 0 aliphatic rings. The first-order chi connectivity index (χ1) is 9.10. The number of aldehydes is 1. The summed E-state index contributed by atoms with van der Waals surface area (Å²) in [4.78, 5) is 40.6. The fourth-order valence-electron chi connectivity index (χ4n) is 1.54. The zero-order chi connectivity index (χ0) is 14.0. The van der Waals surface area contributed by atoms with E-state index in [2.05, 4.69) is 20.6 Å². The van der Waals surface area contributed by atoms with Gasteiger partial charge in [0.1, 0.15) is 17.7 Å². The fourth-order valence-corrected chi connectivity index (χ4v) is 1.54. The van der Waals surface area contributed by atoms with E-state index in [0.29, 0.717) is 12.8 Å². The van der Waals surface area contributed by atoms with Crippen molar-refractivity contribution in [2.24, 2.45) is 0 Å². The Labute approximate surface area is 106 Å². The van der Waals surface area contributed by atoms with Crippen LogP contribution in [0.4, 0.5) is 17.2 Å². The topological polar surface area (TPSA) is 121 Å². The van der Waals surface area contributed by atoms with E-state index in [1.165, 1.54) is 0 Å². The SMILES string of the molecule is CCNc1c(Nc2ncnc(C=O)c2O)c(=O)c1=O. The Hall–Kier alpha value is -2.77. The Morgan fingerprint density at radius 2 is 1.95 bits per heavy atom. The van der Waals surface area contributed by atoms with Crippen molar-refractivity contribution in [1.82, 2.24) is 9.97 Å². The molecule has 3 N–H and O–H groups in total. The molecule has 0 fully saturated rings. The molecule has 0 radical (unpaired) electrons. The number of hydrogen-bond donors (Lipinski definition) is 3. The van der Waals surface area contributed by atoms with Crippen molar-refractivity contribution in [3.05, 3.63) is 32.5 Å². The van der Waals surface area contributed by atoms with Crippen molar-refractivity contribution in [3.8, 4) is 5.75 Å². The summed E-state index contributed by atoms with van der Waals surface area (Å²) in [5, 5.41) is 14.9. The summed E-state index contributed by atoms with van der Waals surface area (Å²) in [7, 11) is 0. The summed E-state index contributed by atoms with van der Waals surface area (Å²) in [6, 6.07) is 0. The normalized spacial score (nSPS) is 10.4. The van der Waals surface area contributed by atoms with Crippen molar-refractivity contribution in [2.45, 2.75) is 6.92 Å². The van der Waals surface area contributed by atoms with Crippen molar-refractivity contribution >= 4 is 23.5 Å². The molecule has 0 unspecified atom stereocenters. The number of nitrogens with one attached hydrogen (secondary N) is 2. The highest BCUT2D eigenvalue weighted by molar-refractivity contribution is 5.83. The third kappa shape index (κ3) is 2.03. The van der Waals surface area contributed by atoms with Crippen LogP contribution in [0.25, 0.3) is 0 Å². The number of carbonyl (C=O) groups excluding carboxylic acids is 1. The van der Waals surface area contributed by atoms with E-state index >= 15 is 0 Å². The second-order valence-electron chi connectivity index (χ2n) is 3.64. The molecule has 0 aliphatic carbocycles. The smallest absolute Gasteiger partial charge is 0.253 e. The van der Waals surface area contributed by atoms with Crippen LogP contribution in [0.3, 0.4) is 0 Å². The van der Waals surface area contributed by atoms with Crippen molar-refractivity contribution in [1.29, 1.82) is 0 Å². The van der Waals surface area contributed by atoms with Gasteiger partial charge in [0, 0.05) is 6.54 Å². The molecule has 1 heterocycles. The first-order valence-corrected chi connectivity index (χ1v) is 5.43. The predicted molar refractivity (Wildman–Crippen MR) is 67.9 cm³/mol. The molecule has 1 aromatic heterocycles. The lowest BCUT2D eigenvalue weighted by atomic mass is 10.2. The van der Waals surface area contributed by atoms with Gasteiger partial charge in [-0.2, -0.15) is 0 Å². The molecule has 0 saturated heterocycles. The van der Waals surface area contributed by atoms with Gasteiger partial charge in [-0.1, -0.05) is 0 Å². The zero-order valence-electron chi connectivity index (χ0n) is 9.93. The molecule has 0 bridgehead atoms. The van der Waals surface area contributed by atoms with E-state index in [4.69, 9.17) is 0 Å². The minimum absolute atomic E-state index is 0.0118. The van der Waals surface area contributed by atoms with E-state index in [0.717, 1.165) is 6.33 Å². The quantitative estimate of drug-likeness (QED) is 0.499. The van der Waals surface area contributed by atoms with Crippen LogP contribution in [0.1, 0.15) is 17.4 Å². The van der Waals surface area contributed by atoms with E-state index in [1.54, 1.807) is 6.92 Å². The summed E-state index contributed by atoms with van der Waals surface area (Å²) in [6.07, 6.45) is 1.42. The highest BCUT2D eigenvalue weighted by Crippen LogP contribution is 2.27. The molecular weight excluding hydrogens is 252 g/mol. The van der Waals surface area contributed by atoms with E-state index in [9.17, 15) is 19.5 Å². The Morgan fingerprint density at radius 1 is 1.26 bits per heavy atom. The fraction of sp³-hybridized carbons (Fsp3) is 0.182. The highest BCUT2D eigenvalue weighted by atomic mass is 16.3. The van der Waals surface area contributed by atoms with Crippen LogP contribution in [-0.2, 0) is 0 Å². The van der Waals surface area contributed by atoms with Gasteiger partial charge in [-0.05, 0) is 6.92 Å². The summed E-state index contributed by atoms with van der Waals surface area (Å²) < 4.78 is 0. The second kappa shape index (κ2) is 4.84. The first-order valence-electron chi connectivity index (χ1n) is 5.43. The molecular formula is C11H10N4O4. The Kier molecular flexibility index (Phi) is 3.23. The van der Waals surface area contributed by atoms with Gasteiger partial charge in [0.05, 0.1) is 0 Å². The molecule has 1 aromatic carbocycles. The Bertz CT molecular complexity index is 703. The second-order valence-corrected chi connectivity index (χ2v) is 3.64. The van der Waals surface area contributed by atoms with Crippen LogP contribution in [0.15, 0.2) is 15.9 Å². The van der Waals surface area contributed by atoms with Gasteiger partial charge < -0.3 is 15.7 Å². The van der Waals surface area contributed by atoms with E-state index in [1.807, 2.05) is 0 Å². The molecule has 2 rings (SSSR count). The van der Waals surface area contributed by atoms with Crippen LogP contribution >= 0.6 is 0 Å². The monoisotopic (exact) mass is 262 g/mol. The largest absolute Gasteiger partial charge is 0.503 e. The highest BCUT2D eigenvalue weighted by Gasteiger charge is 2.22. The van der Waals surface area contributed by atoms with Crippen LogP contribution in [0, 0.1) is 0 Å². The summed E-state index contributed by atoms with van der Waals surface area (Å²) in [6.45, 7) is 2.24.